The quantitative estimate of drug-likeness (QED) is 0.599. The Morgan fingerprint density at radius 3 is 2.58 bits per heavy atom. The van der Waals surface area contributed by atoms with Crippen LogP contribution in [0.25, 0.3) is 22.4 Å². The van der Waals surface area contributed by atoms with Gasteiger partial charge in [-0.15, -0.1) is 0 Å². The monoisotopic (exact) mass is 319 g/mol. The van der Waals surface area contributed by atoms with Gasteiger partial charge in [-0.25, -0.2) is 9.13 Å². The zero-order valence-electron chi connectivity index (χ0n) is 15.5. The maximum Gasteiger partial charge on any atom is 0.289 e. The van der Waals surface area contributed by atoms with Crippen LogP contribution in [0.15, 0.2) is 30.3 Å². The summed E-state index contributed by atoms with van der Waals surface area (Å²) in [6, 6.07) is 11.7. The number of nitrogens with zero attached hydrogens (tertiary/aromatic N) is 2. The molecule has 1 aromatic heterocycles. The van der Waals surface area contributed by atoms with Gasteiger partial charge in [0.25, 0.3) is 5.82 Å². The van der Waals surface area contributed by atoms with Crippen LogP contribution in [-0.2, 0) is 20.0 Å². The summed E-state index contributed by atoms with van der Waals surface area (Å²) in [7, 11) is 2.23. The number of imidazole rings is 1. The molecule has 0 unspecified atom stereocenters. The number of rotatable bonds is 2. The van der Waals surface area contributed by atoms with E-state index in [1.807, 2.05) is 0 Å². The van der Waals surface area contributed by atoms with E-state index < -0.39 is 0 Å². The number of benzene rings is 2. The molecular weight excluding hydrogens is 292 g/mol. The highest BCUT2D eigenvalue weighted by molar-refractivity contribution is 5.81. The van der Waals surface area contributed by atoms with Gasteiger partial charge in [-0.05, 0) is 55.9 Å². The van der Waals surface area contributed by atoms with Crippen molar-refractivity contribution < 1.29 is 4.57 Å². The first-order valence-electron chi connectivity index (χ1n) is 9.10. The second-order valence-electron chi connectivity index (χ2n) is 7.66. The highest BCUT2D eigenvalue weighted by Crippen LogP contribution is 2.32. The second-order valence-corrected chi connectivity index (χ2v) is 7.66. The van der Waals surface area contributed by atoms with Crippen molar-refractivity contribution in [3.8, 4) is 11.4 Å². The average molecular weight is 319 g/mol. The fraction of sp³-hybridized carbons (Fsp3) is 0.409. The summed E-state index contributed by atoms with van der Waals surface area (Å²) in [5, 5.41) is 0. The van der Waals surface area contributed by atoms with E-state index in [0.717, 1.165) is 6.54 Å². The van der Waals surface area contributed by atoms with Gasteiger partial charge in [-0.3, -0.25) is 0 Å². The van der Waals surface area contributed by atoms with E-state index in [1.54, 1.807) is 0 Å². The molecule has 0 spiro atoms. The van der Waals surface area contributed by atoms with Crippen LogP contribution in [0.4, 0.5) is 0 Å². The van der Waals surface area contributed by atoms with Crippen LogP contribution >= 0.6 is 0 Å². The predicted octanol–water partition coefficient (Wildman–Crippen LogP) is 4.82. The Kier molecular flexibility index (Phi) is 3.52. The van der Waals surface area contributed by atoms with Gasteiger partial charge in [0, 0.05) is 5.56 Å². The predicted molar refractivity (Wildman–Crippen MR) is 100 cm³/mol. The van der Waals surface area contributed by atoms with Crippen molar-refractivity contribution >= 4 is 11.0 Å². The number of aryl methyl sites for hydroxylation is 5. The van der Waals surface area contributed by atoms with Crippen molar-refractivity contribution in [2.75, 3.05) is 0 Å². The summed E-state index contributed by atoms with van der Waals surface area (Å²) in [5.41, 5.74) is 9.86. The zero-order valence-corrected chi connectivity index (χ0v) is 15.5. The molecule has 0 radical (unpaired) electrons. The Balaban J connectivity index is 2.07. The van der Waals surface area contributed by atoms with Gasteiger partial charge in [-0.1, -0.05) is 37.6 Å². The van der Waals surface area contributed by atoms with Crippen LogP contribution in [0, 0.1) is 13.8 Å². The van der Waals surface area contributed by atoms with Crippen LogP contribution < -0.4 is 4.57 Å². The number of hydrogen-bond acceptors (Lipinski definition) is 0. The molecule has 4 rings (SSSR count). The van der Waals surface area contributed by atoms with Crippen LogP contribution in [0.3, 0.4) is 0 Å². The lowest BCUT2D eigenvalue weighted by Gasteiger charge is -2.14. The first kappa shape index (κ1) is 15.4. The fourth-order valence-electron chi connectivity index (χ4n) is 4.23. The second kappa shape index (κ2) is 5.47. The zero-order chi connectivity index (χ0) is 17.0. The van der Waals surface area contributed by atoms with Crippen LogP contribution in [0.5, 0.6) is 0 Å². The van der Waals surface area contributed by atoms with Gasteiger partial charge in [-0.2, -0.15) is 0 Å². The topological polar surface area (TPSA) is 8.81 Å². The molecule has 0 saturated heterocycles. The molecule has 2 heterocycles. The fourth-order valence-corrected chi connectivity index (χ4v) is 4.23. The van der Waals surface area contributed by atoms with E-state index in [-0.39, 0.29) is 0 Å². The SMILES string of the molecule is Cc1ccc(-c2n(C)c3cc(C(C)C)cc4c3[n+]2CCC4)c(C)c1. The van der Waals surface area contributed by atoms with Gasteiger partial charge in [0.05, 0.1) is 19.2 Å². The van der Waals surface area contributed by atoms with E-state index in [4.69, 9.17) is 0 Å². The highest BCUT2D eigenvalue weighted by atomic mass is 15.2. The lowest BCUT2D eigenvalue weighted by atomic mass is 9.96. The van der Waals surface area contributed by atoms with E-state index in [2.05, 4.69) is 74.2 Å². The molecule has 2 aromatic carbocycles. The van der Waals surface area contributed by atoms with E-state index in [9.17, 15) is 0 Å². The molecular formula is C22H27N2+. The van der Waals surface area contributed by atoms with Crippen molar-refractivity contribution in [3.05, 3.63) is 52.6 Å². The van der Waals surface area contributed by atoms with Crippen LogP contribution in [0.1, 0.15) is 48.4 Å². The van der Waals surface area contributed by atoms with Gasteiger partial charge >= 0.3 is 0 Å². The van der Waals surface area contributed by atoms with Crippen molar-refractivity contribution in [1.82, 2.24) is 4.57 Å². The smallest absolute Gasteiger partial charge is 0.226 e. The molecule has 2 heteroatoms. The summed E-state index contributed by atoms with van der Waals surface area (Å²) in [6.07, 6.45) is 2.43. The lowest BCUT2D eigenvalue weighted by Crippen LogP contribution is -2.39. The maximum absolute atomic E-state index is 2.55. The van der Waals surface area contributed by atoms with Crippen molar-refractivity contribution in [2.45, 2.75) is 53.0 Å². The third-order valence-electron chi connectivity index (χ3n) is 5.51. The largest absolute Gasteiger partial charge is 0.289 e. The van der Waals surface area contributed by atoms with Crippen LogP contribution in [0.2, 0.25) is 0 Å². The molecule has 3 aromatic rings. The Morgan fingerprint density at radius 1 is 1.08 bits per heavy atom. The molecule has 2 nitrogen and oxygen atoms in total. The average Bonchev–Trinajstić information content (AvgIpc) is 2.82. The molecule has 0 saturated carbocycles. The van der Waals surface area contributed by atoms with E-state index in [0.29, 0.717) is 5.92 Å². The highest BCUT2D eigenvalue weighted by Gasteiger charge is 2.30. The van der Waals surface area contributed by atoms with Gasteiger partial charge in [0.2, 0.25) is 0 Å². The Labute approximate surface area is 144 Å². The summed E-state index contributed by atoms with van der Waals surface area (Å²) < 4.78 is 4.96. The summed E-state index contributed by atoms with van der Waals surface area (Å²) in [6.45, 7) is 10.1. The first-order valence-corrected chi connectivity index (χ1v) is 9.10. The standard InChI is InChI=1S/C22H27N2/c1-14(2)18-12-17-7-6-10-24-21(17)20(13-18)23(5)22(24)19-9-8-15(3)11-16(19)4/h8-9,11-14H,6-7,10H2,1-5H3/q+1. The van der Waals surface area contributed by atoms with Gasteiger partial charge in [0.1, 0.15) is 0 Å². The molecule has 0 fully saturated rings. The molecule has 1 aliphatic heterocycles. The van der Waals surface area contributed by atoms with Crippen LogP contribution in [-0.4, -0.2) is 4.57 Å². The van der Waals surface area contributed by atoms with E-state index in [1.165, 1.54) is 57.5 Å². The van der Waals surface area contributed by atoms with E-state index >= 15 is 0 Å². The summed E-state index contributed by atoms with van der Waals surface area (Å²) in [5.74, 6) is 1.92. The minimum absolute atomic E-state index is 0.570. The minimum atomic E-state index is 0.570. The third kappa shape index (κ3) is 2.20. The number of hydrogen-bond donors (Lipinski definition) is 0. The molecule has 1 aliphatic rings. The van der Waals surface area contributed by atoms with Gasteiger partial charge < -0.3 is 0 Å². The minimum Gasteiger partial charge on any atom is -0.226 e. The van der Waals surface area contributed by atoms with Crippen molar-refractivity contribution in [3.63, 3.8) is 0 Å². The Bertz CT molecular complexity index is 944. The Hall–Kier alpha value is -2.09. The molecule has 0 N–H and O–H groups in total. The maximum atomic E-state index is 2.55. The van der Waals surface area contributed by atoms with Crippen molar-refractivity contribution in [1.29, 1.82) is 0 Å². The molecule has 0 bridgehead atoms. The molecule has 0 amide bonds. The molecule has 0 aliphatic carbocycles. The third-order valence-corrected chi connectivity index (χ3v) is 5.51. The number of aromatic nitrogens is 2. The van der Waals surface area contributed by atoms with Gasteiger partial charge in [0.15, 0.2) is 11.0 Å². The first-order chi connectivity index (χ1) is 11.5. The molecule has 0 atom stereocenters. The molecule has 24 heavy (non-hydrogen) atoms. The molecule has 124 valence electrons. The normalized spacial score (nSPS) is 13.9. The Morgan fingerprint density at radius 2 is 1.88 bits per heavy atom. The summed E-state index contributed by atoms with van der Waals surface area (Å²) in [4.78, 5) is 0. The van der Waals surface area contributed by atoms with Crippen molar-refractivity contribution in [2.24, 2.45) is 7.05 Å². The summed E-state index contributed by atoms with van der Waals surface area (Å²) >= 11 is 0. The lowest BCUT2D eigenvalue weighted by molar-refractivity contribution is -0.664.